The molecule has 5 rings (SSSR count). The molecule has 200 valence electrons. The van der Waals surface area contributed by atoms with Gasteiger partial charge in [0.15, 0.2) is 0 Å². The van der Waals surface area contributed by atoms with E-state index >= 15 is 0 Å². The number of piperazine rings is 1. The van der Waals surface area contributed by atoms with Crippen LogP contribution in [0.1, 0.15) is 16.8 Å². The maximum absolute atomic E-state index is 13.7. The predicted molar refractivity (Wildman–Crippen MR) is 139 cm³/mol. The number of nitrogens with zero attached hydrogens (tertiary/aromatic N) is 6. The van der Waals surface area contributed by atoms with E-state index in [9.17, 15) is 28.0 Å². The van der Waals surface area contributed by atoms with Crippen molar-refractivity contribution in [2.24, 2.45) is 7.05 Å². The largest absolute Gasteiger partial charge is 0.416 e. The molecule has 1 fully saturated rings. The number of nitrogens with one attached hydrogen (secondary N) is 1. The summed E-state index contributed by atoms with van der Waals surface area (Å²) in [6, 6.07) is 13.1. The first-order valence-electron chi connectivity index (χ1n) is 12.2. The molecule has 39 heavy (non-hydrogen) atoms. The first-order valence-corrected chi connectivity index (χ1v) is 12.2. The van der Waals surface area contributed by atoms with E-state index in [-0.39, 0.29) is 16.9 Å². The summed E-state index contributed by atoms with van der Waals surface area (Å²) in [6.45, 7) is 4.23. The smallest absolute Gasteiger partial charge is 0.366 e. The first-order chi connectivity index (χ1) is 18.6. The van der Waals surface area contributed by atoms with E-state index in [2.05, 4.69) is 21.4 Å². The molecular weight excluding hydrogens is 511 g/mol. The Morgan fingerprint density at radius 3 is 2.36 bits per heavy atom. The van der Waals surface area contributed by atoms with Crippen molar-refractivity contribution in [3.05, 3.63) is 92.4 Å². The molecule has 2 aromatic heterocycles. The summed E-state index contributed by atoms with van der Waals surface area (Å²) in [5.41, 5.74) is 0.0721. The Bertz CT molecular complexity index is 1700. The van der Waals surface area contributed by atoms with Gasteiger partial charge in [-0.05, 0) is 49.4 Å². The molecule has 1 N–H and O–H groups in total. The number of benzene rings is 2. The number of alkyl halides is 3. The summed E-state index contributed by atoms with van der Waals surface area (Å²) in [5, 5.41) is 17.1. The fourth-order valence-corrected chi connectivity index (χ4v) is 4.80. The lowest BCUT2D eigenvalue weighted by atomic mass is 10.1. The normalized spacial score (nSPS) is 13.9. The summed E-state index contributed by atoms with van der Waals surface area (Å²) in [5.74, 6) is 0. The minimum absolute atomic E-state index is 0.0164. The minimum Gasteiger partial charge on any atom is -0.366 e. The van der Waals surface area contributed by atoms with E-state index in [4.69, 9.17) is 0 Å². The van der Waals surface area contributed by atoms with Crippen molar-refractivity contribution < 1.29 is 13.2 Å². The van der Waals surface area contributed by atoms with Crippen LogP contribution in [0.5, 0.6) is 0 Å². The molecule has 9 nitrogen and oxygen atoms in total. The van der Waals surface area contributed by atoms with Crippen LogP contribution < -0.4 is 21.5 Å². The minimum atomic E-state index is -4.61. The number of anilines is 1. The molecule has 0 unspecified atom stereocenters. The van der Waals surface area contributed by atoms with Crippen LogP contribution in [0.15, 0.2) is 64.3 Å². The SMILES string of the molecule is Cc1c(-c2c(N3CCNCC3)cnn2-c2ccc(C#N)cc2)c(=O)n(C)c(=O)n1-c1cccc(C(F)(F)F)c1. The van der Waals surface area contributed by atoms with Gasteiger partial charge in [-0.3, -0.25) is 13.9 Å². The monoisotopic (exact) mass is 535 g/mol. The lowest BCUT2D eigenvalue weighted by Gasteiger charge is -2.29. The zero-order valence-corrected chi connectivity index (χ0v) is 21.2. The average Bonchev–Trinajstić information content (AvgIpc) is 3.37. The van der Waals surface area contributed by atoms with Crippen LogP contribution in [-0.4, -0.2) is 45.1 Å². The third kappa shape index (κ3) is 4.61. The van der Waals surface area contributed by atoms with Crippen LogP contribution in [0.3, 0.4) is 0 Å². The topological polar surface area (TPSA) is 101 Å². The molecule has 1 saturated heterocycles. The average molecular weight is 536 g/mol. The Hall–Kier alpha value is -4.63. The Balaban J connectivity index is 1.81. The second-order valence-electron chi connectivity index (χ2n) is 9.18. The molecule has 1 aliphatic rings. The molecule has 0 spiro atoms. The first kappa shape index (κ1) is 26.0. The number of hydrogen-bond donors (Lipinski definition) is 1. The van der Waals surface area contributed by atoms with Gasteiger partial charge in [0, 0.05) is 38.9 Å². The van der Waals surface area contributed by atoms with Gasteiger partial charge in [0.2, 0.25) is 0 Å². The van der Waals surface area contributed by atoms with Gasteiger partial charge in [-0.15, -0.1) is 0 Å². The highest BCUT2D eigenvalue weighted by atomic mass is 19.4. The number of rotatable bonds is 4. The van der Waals surface area contributed by atoms with Gasteiger partial charge >= 0.3 is 11.9 Å². The van der Waals surface area contributed by atoms with E-state index in [0.29, 0.717) is 48.8 Å². The van der Waals surface area contributed by atoms with Crippen LogP contribution in [0.2, 0.25) is 0 Å². The molecule has 12 heteroatoms. The predicted octanol–water partition coefficient (Wildman–Crippen LogP) is 3.00. The second-order valence-corrected chi connectivity index (χ2v) is 9.18. The van der Waals surface area contributed by atoms with E-state index in [1.807, 2.05) is 0 Å². The highest BCUT2D eigenvalue weighted by molar-refractivity contribution is 5.78. The summed E-state index contributed by atoms with van der Waals surface area (Å²) < 4.78 is 44.1. The summed E-state index contributed by atoms with van der Waals surface area (Å²) in [4.78, 5) is 29.0. The number of hydrogen-bond acceptors (Lipinski definition) is 6. The van der Waals surface area contributed by atoms with Crippen molar-refractivity contribution in [3.8, 4) is 28.7 Å². The molecule has 0 aliphatic carbocycles. The number of aromatic nitrogens is 4. The lowest BCUT2D eigenvalue weighted by Crippen LogP contribution is -2.44. The third-order valence-corrected chi connectivity index (χ3v) is 6.81. The fraction of sp³-hybridized carbons (Fsp3) is 0.259. The number of nitriles is 1. The molecule has 0 amide bonds. The van der Waals surface area contributed by atoms with Crippen molar-refractivity contribution in [2.45, 2.75) is 13.1 Å². The molecule has 1 aliphatic heterocycles. The zero-order chi connectivity index (χ0) is 27.9. The Morgan fingerprint density at radius 2 is 1.72 bits per heavy atom. The molecule has 0 radical (unpaired) electrons. The summed E-state index contributed by atoms with van der Waals surface area (Å²) in [6.07, 6.45) is -2.97. The van der Waals surface area contributed by atoms with Crippen LogP contribution in [0.25, 0.3) is 22.6 Å². The van der Waals surface area contributed by atoms with Crippen molar-refractivity contribution in [3.63, 3.8) is 0 Å². The molecule has 4 aromatic rings. The zero-order valence-electron chi connectivity index (χ0n) is 21.2. The van der Waals surface area contributed by atoms with Gasteiger partial charge in [0.05, 0.1) is 46.0 Å². The quantitative estimate of drug-likeness (QED) is 0.431. The van der Waals surface area contributed by atoms with Gasteiger partial charge in [-0.25, -0.2) is 9.48 Å². The molecule has 2 aromatic carbocycles. The van der Waals surface area contributed by atoms with Crippen LogP contribution in [-0.2, 0) is 13.2 Å². The van der Waals surface area contributed by atoms with Crippen LogP contribution in [0.4, 0.5) is 18.9 Å². The van der Waals surface area contributed by atoms with Crippen LogP contribution >= 0.6 is 0 Å². The Kier molecular flexibility index (Phi) is 6.61. The van der Waals surface area contributed by atoms with Crippen LogP contribution in [0, 0.1) is 18.3 Å². The maximum Gasteiger partial charge on any atom is 0.416 e. The van der Waals surface area contributed by atoms with E-state index < -0.39 is 23.0 Å². The fourth-order valence-electron chi connectivity index (χ4n) is 4.80. The second kappa shape index (κ2) is 9.92. The summed E-state index contributed by atoms with van der Waals surface area (Å²) in [7, 11) is 1.30. The Morgan fingerprint density at radius 1 is 1.03 bits per heavy atom. The van der Waals surface area contributed by atoms with E-state index in [0.717, 1.165) is 21.3 Å². The van der Waals surface area contributed by atoms with Gasteiger partial charge in [-0.2, -0.15) is 23.5 Å². The van der Waals surface area contributed by atoms with Gasteiger partial charge in [0.1, 0.15) is 5.69 Å². The van der Waals surface area contributed by atoms with Gasteiger partial charge in [0.25, 0.3) is 5.56 Å². The number of halogens is 3. The van der Waals surface area contributed by atoms with E-state index in [1.54, 1.807) is 35.1 Å². The van der Waals surface area contributed by atoms with Gasteiger partial charge < -0.3 is 10.2 Å². The Labute approximate surface area is 221 Å². The van der Waals surface area contributed by atoms with Crippen molar-refractivity contribution in [1.82, 2.24) is 24.2 Å². The summed E-state index contributed by atoms with van der Waals surface area (Å²) >= 11 is 0. The lowest BCUT2D eigenvalue weighted by molar-refractivity contribution is -0.137. The molecule has 0 saturated carbocycles. The molecule has 3 heterocycles. The van der Waals surface area contributed by atoms with Crippen molar-refractivity contribution >= 4 is 5.69 Å². The standard InChI is InChI=1S/C27H24F3N7O2/c1-17-23(25(38)34(2)26(39)36(17)21-5-3-4-19(14-21)27(28,29)30)24-22(35-12-10-32-11-13-35)16-33-37(24)20-8-6-18(15-31)7-9-20/h3-9,14,16,32H,10-13H2,1-2H3. The highest BCUT2D eigenvalue weighted by Gasteiger charge is 2.32. The van der Waals surface area contributed by atoms with Crippen molar-refractivity contribution in [1.29, 1.82) is 5.26 Å². The molecular formula is C27H24F3N7O2. The highest BCUT2D eigenvalue weighted by Crippen LogP contribution is 2.34. The van der Waals surface area contributed by atoms with Gasteiger partial charge in [-0.1, -0.05) is 6.07 Å². The third-order valence-electron chi connectivity index (χ3n) is 6.81. The maximum atomic E-state index is 13.7. The molecule has 0 atom stereocenters. The van der Waals surface area contributed by atoms with Crippen molar-refractivity contribution in [2.75, 3.05) is 31.1 Å². The molecule has 0 bridgehead atoms. The van der Waals surface area contributed by atoms with E-state index in [1.165, 1.54) is 26.1 Å².